The van der Waals surface area contributed by atoms with E-state index < -0.39 is 11.7 Å². The van der Waals surface area contributed by atoms with E-state index in [0.717, 1.165) is 17.0 Å². The summed E-state index contributed by atoms with van der Waals surface area (Å²) >= 11 is 0. The van der Waals surface area contributed by atoms with Crippen molar-refractivity contribution >= 4 is 22.5 Å². The number of fused-ring (bicyclic) bond motifs is 1. The SMILES string of the molecule is CCc1c(C#N)ccc(F)c1C(=O)Nc1ccc2[nH]nc(-c3cnco3)c2c1. The summed E-state index contributed by atoms with van der Waals surface area (Å²) in [6.07, 6.45) is 3.20. The number of amides is 1. The molecule has 0 unspecified atom stereocenters. The minimum Gasteiger partial charge on any atom is -0.442 e. The van der Waals surface area contributed by atoms with Gasteiger partial charge in [-0.1, -0.05) is 6.92 Å². The Kier molecular flexibility index (Phi) is 4.33. The molecule has 28 heavy (non-hydrogen) atoms. The number of carbonyl (C=O) groups is 1. The molecule has 2 N–H and O–H groups in total. The number of aromatic nitrogens is 3. The Balaban J connectivity index is 1.72. The van der Waals surface area contributed by atoms with E-state index in [1.807, 2.05) is 6.07 Å². The smallest absolute Gasteiger partial charge is 0.258 e. The second-order valence-electron chi connectivity index (χ2n) is 6.07. The summed E-state index contributed by atoms with van der Waals surface area (Å²) < 4.78 is 19.6. The van der Waals surface area contributed by atoms with E-state index >= 15 is 0 Å². The highest BCUT2D eigenvalue weighted by Crippen LogP contribution is 2.29. The Morgan fingerprint density at radius 3 is 2.93 bits per heavy atom. The van der Waals surface area contributed by atoms with Crippen LogP contribution in [0.2, 0.25) is 0 Å². The van der Waals surface area contributed by atoms with Crippen LogP contribution in [0.25, 0.3) is 22.4 Å². The zero-order valence-corrected chi connectivity index (χ0v) is 14.8. The van der Waals surface area contributed by atoms with Gasteiger partial charge in [-0.3, -0.25) is 9.89 Å². The fourth-order valence-corrected chi connectivity index (χ4v) is 3.14. The number of oxazole rings is 1. The number of hydrogen-bond donors (Lipinski definition) is 2. The van der Waals surface area contributed by atoms with Crippen molar-refractivity contribution in [1.29, 1.82) is 5.26 Å². The maximum absolute atomic E-state index is 14.4. The molecule has 8 heteroatoms. The largest absolute Gasteiger partial charge is 0.442 e. The van der Waals surface area contributed by atoms with Crippen LogP contribution in [0.3, 0.4) is 0 Å². The normalized spacial score (nSPS) is 10.8. The molecule has 0 fully saturated rings. The van der Waals surface area contributed by atoms with Crippen LogP contribution in [-0.4, -0.2) is 21.1 Å². The number of nitrogens with one attached hydrogen (secondary N) is 2. The second kappa shape index (κ2) is 6.96. The first-order valence-corrected chi connectivity index (χ1v) is 8.52. The predicted octanol–water partition coefficient (Wildman–Crippen LogP) is 4.04. The van der Waals surface area contributed by atoms with Crippen LogP contribution in [0.4, 0.5) is 10.1 Å². The number of rotatable bonds is 4. The number of aromatic amines is 1. The van der Waals surface area contributed by atoms with Crippen LogP contribution < -0.4 is 5.32 Å². The highest BCUT2D eigenvalue weighted by Gasteiger charge is 2.20. The predicted molar refractivity (Wildman–Crippen MR) is 100 cm³/mol. The van der Waals surface area contributed by atoms with Gasteiger partial charge in [-0.05, 0) is 42.3 Å². The van der Waals surface area contributed by atoms with E-state index in [-0.39, 0.29) is 11.1 Å². The van der Waals surface area contributed by atoms with Crippen LogP contribution in [-0.2, 0) is 6.42 Å². The van der Waals surface area contributed by atoms with Crippen LogP contribution in [0.5, 0.6) is 0 Å². The van der Waals surface area contributed by atoms with Crippen LogP contribution in [0.15, 0.2) is 47.3 Å². The van der Waals surface area contributed by atoms with Gasteiger partial charge in [-0.2, -0.15) is 10.4 Å². The molecule has 0 aliphatic carbocycles. The Morgan fingerprint density at radius 1 is 1.36 bits per heavy atom. The topological polar surface area (TPSA) is 108 Å². The molecule has 0 saturated carbocycles. The molecule has 4 aromatic rings. The van der Waals surface area contributed by atoms with Crippen molar-refractivity contribution < 1.29 is 13.6 Å². The molecular formula is C20H14FN5O2. The minimum absolute atomic E-state index is 0.121. The number of carbonyl (C=O) groups excluding carboxylic acids is 1. The third-order valence-electron chi connectivity index (χ3n) is 4.45. The average molecular weight is 375 g/mol. The lowest BCUT2D eigenvalue weighted by Crippen LogP contribution is -2.17. The molecule has 0 spiro atoms. The number of hydrogen-bond acceptors (Lipinski definition) is 5. The van der Waals surface area contributed by atoms with E-state index in [2.05, 4.69) is 20.5 Å². The average Bonchev–Trinajstić information content (AvgIpc) is 3.36. The van der Waals surface area contributed by atoms with Crippen LogP contribution >= 0.6 is 0 Å². The van der Waals surface area contributed by atoms with Crippen molar-refractivity contribution in [3.8, 4) is 17.5 Å². The van der Waals surface area contributed by atoms with E-state index in [9.17, 15) is 14.4 Å². The molecule has 0 aliphatic rings. The number of halogens is 1. The lowest BCUT2D eigenvalue weighted by Gasteiger charge is -2.11. The van der Waals surface area contributed by atoms with Gasteiger partial charge in [0.1, 0.15) is 11.5 Å². The molecule has 2 aromatic heterocycles. The third-order valence-corrected chi connectivity index (χ3v) is 4.45. The fourth-order valence-electron chi connectivity index (χ4n) is 3.14. The number of nitrogens with zero attached hydrogens (tertiary/aromatic N) is 3. The van der Waals surface area contributed by atoms with Crippen molar-refractivity contribution in [3.05, 3.63) is 65.4 Å². The van der Waals surface area contributed by atoms with Gasteiger partial charge in [-0.15, -0.1) is 0 Å². The van der Waals surface area contributed by atoms with E-state index in [1.165, 1.54) is 18.7 Å². The monoisotopic (exact) mass is 375 g/mol. The summed E-state index contributed by atoms with van der Waals surface area (Å²) in [5.41, 5.74) is 2.30. The first-order chi connectivity index (χ1) is 13.6. The Bertz CT molecular complexity index is 1220. The first-order valence-electron chi connectivity index (χ1n) is 8.52. The Morgan fingerprint density at radius 2 is 2.21 bits per heavy atom. The number of nitriles is 1. The van der Waals surface area contributed by atoms with E-state index in [4.69, 9.17) is 4.42 Å². The van der Waals surface area contributed by atoms with Gasteiger partial charge in [0, 0.05) is 11.1 Å². The van der Waals surface area contributed by atoms with Crippen LogP contribution in [0, 0.1) is 17.1 Å². The summed E-state index contributed by atoms with van der Waals surface area (Å²) in [5, 5.41) is 19.7. The van der Waals surface area contributed by atoms with E-state index in [1.54, 1.807) is 25.1 Å². The molecule has 2 heterocycles. The lowest BCUT2D eigenvalue weighted by molar-refractivity contribution is 0.102. The minimum atomic E-state index is -0.667. The standard InChI is InChI=1S/C20H14FN5O2/c1-2-13-11(8-22)3-5-15(21)18(13)20(27)24-12-4-6-16-14(7-12)19(26-25-16)17-9-23-10-28-17/h3-7,9-10H,2H2,1H3,(H,24,27)(H,25,26). The van der Waals surface area contributed by atoms with Gasteiger partial charge in [0.2, 0.25) is 0 Å². The molecule has 7 nitrogen and oxygen atoms in total. The summed E-state index contributed by atoms with van der Waals surface area (Å²) in [5.74, 6) is -0.800. The van der Waals surface area contributed by atoms with Crippen LogP contribution in [0.1, 0.15) is 28.4 Å². The highest BCUT2D eigenvalue weighted by atomic mass is 19.1. The zero-order valence-electron chi connectivity index (χ0n) is 14.8. The quantitative estimate of drug-likeness (QED) is 0.560. The van der Waals surface area contributed by atoms with Gasteiger partial charge in [0.05, 0.1) is 28.9 Å². The van der Waals surface area contributed by atoms with Gasteiger partial charge >= 0.3 is 0 Å². The molecule has 0 atom stereocenters. The molecule has 138 valence electrons. The molecule has 0 saturated heterocycles. The zero-order chi connectivity index (χ0) is 19.7. The first kappa shape index (κ1) is 17.4. The number of anilines is 1. The summed E-state index contributed by atoms with van der Waals surface area (Å²) in [7, 11) is 0. The summed E-state index contributed by atoms with van der Waals surface area (Å²) in [4.78, 5) is 16.6. The van der Waals surface area contributed by atoms with Crippen molar-refractivity contribution in [2.75, 3.05) is 5.32 Å². The maximum atomic E-state index is 14.4. The van der Waals surface area contributed by atoms with Crippen molar-refractivity contribution in [3.63, 3.8) is 0 Å². The number of benzene rings is 2. The summed E-state index contributed by atoms with van der Waals surface area (Å²) in [6, 6.07) is 9.66. The molecule has 1 amide bonds. The molecule has 0 radical (unpaired) electrons. The van der Waals surface area contributed by atoms with E-state index in [0.29, 0.717) is 29.1 Å². The third kappa shape index (κ3) is 2.89. The van der Waals surface area contributed by atoms with Crippen molar-refractivity contribution in [2.24, 2.45) is 0 Å². The van der Waals surface area contributed by atoms with Gasteiger partial charge in [0.25, 0.3) is 5.91 Å². The second-order valence-corrected chi connectivity index (χ2v) is 6.07. The molecule has 4 rings (SSSR count). The lowest BCUT2D eigenvalue weighted by atomic mass is 9.98. The molecule has 0 bridgehead atoms. The van der Waals surface area contributed by atoms with Gasteiger partial charge in [0.15, 0.2) is 12.2 Å². The Labute approximate surface area is 158 Å². The highest BCUT2D eigenvalue weighted by molar-refractivity contribution is 6.07. The van der Waals surface area contributed by atoms with Gasteiger partial charge < -0.3 is 9.73 Å². The Hall–Kier alpha value is -3.99. The van der Waals surface area contributed by atoms with Crippen molar-refractivity contribution in [1.82, 2.24) is 15.2 Å². The molecular weight excluding hydrogens is 361 g/mol. The maximum Gasteiger partial charge on any atom is 0.258 e. The fraction of sp³-hybridized carbons (Fsp3) is 0.100. The van der Waals surface area contributed by atoms with Gasteiger partial charge in [-0.25, -0.2) is 9.37 Å². The molecule has 2 aromatic carbocycles. The summed E-state index contributed by atoms with van der Waals surface area (Å²) in [6.45, 7) is 1.77. The van der Waals surface area contributed by atoms with Crippen molar-refractivity contribution in [2.45, 2.75) is 13.3 Å². The number of H-pyrrole nitrogens is 1. The molecule has 0 aliphatic heterocycles.